The van der Waals surface area contributed by atoms with Gasteiger partial charge in [-0.25, -0.2) is 4.79 Å². The molecule has 4 atom stereocenters. The molecule has 5 rings (SSSR count). The molecule has 0 bridgehead atoms. The number of phenols is 1. The Morgan fingerprint density at radius 1 is 1.09 bits per heavy atom. The number of ether oxygens (including phenoxy) is 1. The summed E-state index contributed by atoms with van der Waals surface area (Å²) in [6.07, 6.45) is -0.665. The third-order valence-corrected chi connectivity index (χ3v) is 8.91. The van der Waals surface area contributed by atoms with E-state index in [9.17, 15) is 39.6 Å². The third-order valence-electron chi connectivity index (χ3n) is 8.91. The van der Waals surface area contributed by atoms with Gasteiger partial charge in [-0.15, -0.1) is 0 Å². The number of carbonyl (C=O) groups excluding carboxylic acids is 4. The largest absolute Gasteiger partial charge is 0.508 e. The van der Waals surface area contributed by atoms with Gasteiger partial charge in [0.15, 0.2) is 11.4 Å². The Morgan fingerprint density at radius 2 is 1.73 bits per heavy atom. The molecule has 2 amide bonds. The van der Waals surface area contributed by atoms with Crippen LogP contribution in [0.5, 0.6) is 11.5 Å². The zero-order valence-electron chi connectivity index (χ0n) is 25.5. The van der Waals surface area contributed by atoms with Gasteiger partial charge in [-0.2, -0.15) is 0 Å². The first-order valence-electron chi connectivity index (χ1n) is 14.3. The van der Waals surface area contributed by atoms with Gasteiger partial charge in [0.05, 0.1) is 11.6 Å². The van der Waals surface area contributed by atoms with E-state index in [0.29, 0.717) is 17.0 Å². The summed E-state index contributed by atoms with van der Waals surface area (Å²) < 4.78 is 5.30. The van der Waals surface area contributed by atoms with E-state index >= 15 is 0 Å². The van der Waals surface area contributed by atoms with Crippen molar-refractivity contribution in [2.45, 2.75) is 38.0 Å². The van der Waals surface area contributed by atoms with Crippen molar-refractivity contribution >= 4 is 35.0 Å². The predicted molar refractivity (Wildman–Crippen MR) is 163 cm³/mol. The van der Waals surface area contributed by atoms with Crippen LogP contribution in [0.15, 0.2) is 47.2 Å². The molecular weight excluding hydrogens is 584 g/mol. The number of phenolic OH excluding ortho intramolecular Hbond substituents is 1. The van der Waals surface area contributed by atoms with E-state index in [0.717, 1.165) is 5.56 Å². The molecule has 13 nitrogen and oxygen atoms in total. The van der Waals surface area contributed by atoms with Gasteiger partial charge in [-0.05, 0) is 63.5 Å². The molecule has 0 radical (unpaired) electrons. The molecule has 0 heterocycles. The Morgan fingerprint density at radius 3 is 2.31 bits per heavy atom. The molecule has 13 heteroatoms. The molecule has 0 aromatic heterocycles. The molecule has 2 aromatic rings. The molecular formula is C32H36N4O9. The fourth-order valence-corrected chi connectivity index (χ4v) is 6.80. The highest BCUT2D eigenvalue weighted by atomic mass is 16.6. The summed E-state index contributed by atoms with van der Waals surface area (Å²) in [4.78, 5) is 55.3. The van der Waals surface area contributed by atoms with Gasteiger partial charge < -0.3 is 41.1 Å². The van der Waals surface area contributed by atoms with E-state index in [2.05, 4.69) is 5.32 Å². The van der Waals surface area contributed by atoms with Crippen molar-refractivity contribution in [1.29, 1.82) is 0 Å². The number of aryl methyl sites for hydroxylation is 1. The second kappa shape index (κ2) is 11.2. The minimum atomic E-state index is -2.73. The van der Waals surface area contributed by atoms with Crippen LogP contribution in [0.25, 0.3) is 5.76 Å². The number of amides is 2. The molecule has 7 N–H and O–H groups in total. The molecule has 0 spiro atoms. The number of likely N-dealkylation sites (N-methyl/N-ethyl adjacent to an activating group) is 1. The monoisotopic (exact) mass is 620 g/mol. The number of fused-ring (bicyclic) bond motifs is 3. The van der Waals surface area contributed by atoms with Crippen molar-refractivity contribution in [2.75, 3.05) is 33.1 Å². The second-order valence-corrected chi connectivity index (χ2v) is 12.2. The maximum atomic E-state index is 14.1. The fraction of sp³-hybridized carbons (Fsp3) is 0.375. The van der Waals surface area contributed by atoms with E-state index in [-0.39, 0.29) is 36.1 Å². The summed E-state index contributed by atoms with van der Waals surface area (Å²) in [5.41, 5.74) is 3.74. The number of aromatic hydroxyl groups is 1. The van der Waals surface area contributed by atoms with Crippen molar-refractivity contribution in [3.63, 3.8) is 0 Å². The summed E-state index contributed by atoms with van der Waals surface area (Å²) in [7, 11) is 6.60. The number of nitrogens with two attached hydrogens (primary N) is 1. The van der Waals surface area contributed by atoms with Gasteiger partial charge in [0, 0.05) is 43.4 Å². The zero-order chi connectivity index (χ0) is 33.1. The number of anilines is 1. The summed E-state index contributed by atoms with van der Waals surface area (Å²) >= 11 is 0. The van der Waals surface area contributed by atoms with Gasteiger partial charge in [0.25, 0.3) is 5.91 Å². The summed E-state index contributed by atoms with van der Waals surface area (Å²) in [6, 6.07) is 7.33. The number of rotatable bonds is 6. The lowest BCUT2D eigenvalue weighted by atomic mass is 9.57. The number of aliphatic hydroxyl groups excluding tert-OH is 2. The Hall–Kier alpha value is -4.88. The first-order valence-corrected chi connectivity index (χ1v) is 14.3. The van der Waals surface area contributed by atoms with Crippen molar-refractivity contribution in [1.82, 2.24) is 10.2 Å². The van der Waals surface area contributed by atoms with Crippen LogP contribution in [-0.4, -0.2) is 88.7 Å². The molecule has 45 heavy (non-hydrogen) atoms. The number of Topliss-reactive ketones (excluding diaryl/α,β-unsaturated/α-hetero) is 2. The lowest BCUT2D eigenvalue weighted by Gasteiger charge is -2.50. The first kappa shape index (κ1) is 31.5. The van der Waals surface area contributed by atoms with Crippen LogP contribution >= 0.6 is 0 Å². The number of benzene rings is 2. The average Bonchev–Trinajstić information content (AvgIpc) is 2.95. The normalized spacial score (nSPS) is 24.2. The van der Waals surface area contributed by atoms with Gasteiger partial charge >= 0.3 is 6.09 Å². The molecule has 1 fully saturated rings. The van der Waals surface area contributed by atoms with Crippen LogP contribution in [0.2, 0.25) is 0 Å². The fourth-order valence-electron chi connectivity index (χ4n) is 6.80. The molecule has 3 aliphatic rings. The topological polar surface area (TPSA) is 203 Å². The number of hydrogen-bond donors (Lipinski definition) is 6. The van der Waals surface area contributed by atoms with Crippen molar-refractivity contribution in [2.24, 2.45) is 17.6 Å². The number of nitrogens with one attached hydrogen (secondary N) is 1. The molecule has 3 aliphatic carbocycles. The standard InChI is InChI=1S/C32H36N4O9/c1-14-6-8-17(9-7-14)45-31(43)34-13-16-12-20(35(2)3)18-10-15-11-19-24(36(4)5)27(39)23(30(33)42)29(41)32(19,44)28(40)21(15)26(38)22(18)25(16)37/h6-9,12,15,19,24,37-38,41,44H,10-11,13H2,1-5H3,(H2,33,42)(H,34,43)/t15-,19-,24-,32-/m0/s1. The Kier molecular flexibility index (Phi) is 7.88. The van der Waals surface area contributed by atoms with E-state index < -0.39 is 69.9 Å². The number of ketones is 2. The van der Waals surface area contributed by atoms with Crippen LogP contribution in [0.1, 0.15) is 28.7 Å². The zero-order valence-corrected chi connectivity index (χ0v) is 25.5. The lowest BCUT2D eigenvalue weighted by Crippen LogP contribution is -2.65. The van der Waals surface area contributed by atoms with E-state index in [1.165, 1.54) is 4.90 Å². The molecule has 0 saturated heterocycles. The van der Waals surface area contributed by atoms with Crippen molar-refractivity contribution < 1.29 is 44.3 Å². The highest BCUT2D eigenvalue weighted by Gasteiger charge is 2.64. The molecule has 238 valence electrons. The molecule has 2 aromatic carbocycles. The average molecular weight is 621 g/mol. The maximum absolute atomic E-state index is 14.1. The van der Waals surface area contributed by atoms with Crippen LogP contribution in [0, 0.1) is 18.8 Å². The van der Waals surface area contributed by atoms with Crippen molar-refractivity contribution in [3.8, 4) is 11.5 Å². The van der Waals surface area contributed by atoms with Gasteiger partial charge in [-0.3, -0.25) is 19.3 Å². The number of carbonyl (C=O) groups is 4. The van der Waals surface area contributed by atoms with Crippen molar-refractivity contribution in [3.05, 3.63) is 69.5 Å². The minimum absolute atomic E-state index is 0.0203. The predicted octanol–water partition coefficient (Wildman–Crippen LogP) is 1.63. The third kappa shape index (κ3) is 4.97. The van der Waals surface area contributed by atoms with Gasteiger partial charge in [-0.1, -0.05) is 17.7 Å². The lowest BCUT2D eigenvalue weighted by molar-refractivity contribution is -0.153. The van der Waals surface area contributed by atoms with Gasteiger partial charge in [0.1, 0.15) is 28.6 Å². The summed E-state index contributed by atoms with van der Waals surface area (Å²) in [6.45, 7) is 1.70. The molecule has 0 unspecified atom stereocenters. The Bertz CT molecular complexity index is 1690. The van der Waals surface area contributed by atoms with Crippen LogP contribution in [0.3, 0.4) is 0 Å². The maximum Gasteiger partial charge on any atom is 0.412 e. The van der Waals surface area contributed by atoms with Crippen LogP contribution < -0.4 is 20.7 Å². The number of aliphatic hydroxyl groups is 3. The molecule has 1 saturated carbocycles. The smallest absolute Gasteiger partial charge is 0.412 e. The van der Waals surface area contributed by atoms with Crippen LogP contribution in [0.4, 0.5) is 10.5 Å². The number of hydrogen-bond acceptors (Lipinski definition) is 11. The minimum Gasteiger partial charge on any atom is -0.508 e. The SMILES string of the molecule is Cc1ccc(OC(=O)NCc2cc(N(C)C)c3c(c2O)C(O)=C2C(=O)[C@]4(O)C(O)=C(C(N)=O)C(=O)[C@@H](N(C)C)[C@@H]4C[C@@H]2C3)cc1. The highest BCUT2D eigenvalue weighted by molar-refractivity contribution is 6.24. The number of nitrogens with zero attached hydrogens (tertiary/aromatic N) is 2. The Labute approximate surface area is 259 Å². The van der Waals surface area contributed by atoms with E-state index in [4.69, 9.17) is 10.5 Å². The quantitative estimate of drug-likeness (QED) is 0.256. The summed E-state index contributed by atoms with van der Waals surface area (Å²) in [5.74, 6) is -6.94. The first-order chi connectivity index (χ1) is 21.1. The second-order valence-electron chi connectivity index (χ2n) is 12.2. The molecule has 0 aliphatic heterocycles. The van der Waals surface area contributed by atoms with Gasteiger partial charge in [0.2, 0.25) is 5.78 Å². The highest BCUT2D eigenvalue weighted by Crippen LogP contribution is 2.54. The van der Waals surface area contributed by atoms with E-state index in [1.807, 2.05) is 6.92 Å². The Balaban J connectivity index is 1.57. The van der Waals surface area contributed by atoms with E-state index in [1.54, 1.807) is 63.4 Å². The number of primary amides is 1. The summed E-state index contributed by atoms with van der Waals surface area (Å²) in [5, 5.41) is 48.4. The van der Waals surface area contributed by atoms with Crippen LogP contribution in [-0.2, 0) is 27.3 Å².